The Hall–Kier alpha value is -4.01. The summed E-state index contributed by atoms with van der Waals surface area (Å²) < 4.78 is 17.2. The number of quaternary nitrogens is 1. The smallest absolute Gasteiger partial charge is 0.362 e. The molecule has 1 N–H and O–H groups in total. The van der Waals surface area contributed by atoms with Gasteiger partial charge < -0.3 is 23.8 Å². The third kappa shape index (κ3) is 37.6. The normalized spacial score (nSPS) is 14.0. The van der Waals surface area contributed by atoms with Crippen molar-refractivity contribution in [2.75, 3.05) is 41.0 Å². The highest BCUT2D eigenvalue weighted by Gasteiger charge is 2.31. The summed E-state index contributed by atoms with van der Waals surface area (Å²) in [4.78, 5) is 36.9. The number of allylic oxidation sites excluding steroid dienone is 18. The molecule has 2 atom stereocenters. The van der Waals surface area contributed by atoms with E-state index < -0.39 is 18.1 Å². The van der Waals surface area contributed by atoms with Crippen LogP contribution >= 0.6 is 0 Å². The molecule has 0 bridgehead atoms. The second kappa shape index (κ2) is 39.8. The fourth-order valence-electron chi connectivity index (χ4n) is 5.59. The van der Waals surface area contributed by atoms with Crippen molar-refractivity contribution >= 4 is 17.9 Å². The maximum absolute atomic E-state index is 12.7. The van der Waals surface area contributed by atoms with E-state index in [9.17, 15) is 19.5 Å². The van der Waals surface area contributed by atoms with Gasteiger partial charge in [0, 0.05) is 19.3 Å². The van der Waals surface area contributed by atoms with E-state index in [1.807, 2.05) is 21.1 Å². The van der Waals surface area contributed by atoms with Crippen LogP contribution in [0.1, 0.15) is 136 Å². The van der Waals surface area contributed by atoms with Gasteiger partial charge in [0.15, 0.2) is 12.1 Å². The minimum Gasteiger partial charge on any atom is -0.477 e. The van der Waals surface area contributed by atoms with Crippen LogP contribution < -0.4 is 0 Å². The molecule has 326 valence electrons. The van der Waals surface area contributed by atoms with Gasteiger partial charge in [0.1, 0.15) is 6.61 Å². The molecule has 0 aliphatic heterocycles. The Morgan fingerprint density at radius 2 is 0.931 bits per heavy atom. The van der Waals surface area contributed by atoms with Crippen molar-refractivity contribution in [1.29, 1.82) is 0 Å². The molecular formula is C50H80NO7+. The average molecular weight is 807 g/mol. The topological polar surface area (TPSA) is 99.1 Å². The molecule has 8 nitrogen and oxygen atoms in total. The Morgan fingerprint density at radius 1 is 0.517 bits per heavy atom. The zero-order chi connectivity index (χ0) is 42.8. The molecule has 0 saturated carbocycles. The van der Waals surface area contributed by atoms with E-state index in [4.69, 9.17) is 14.2 Å². The lowest BCUT2D eigenvalue weighted by molar-refractivity contribution is -0.887. The maximum atomic E-state index is 12.7. The van der Waals surface area contributed by atoms with Gasteiger partial charge in [0.2, 0.25) is 0 Å². The molecular weight excluding hydrogens is 727 g/mol. The van der Waals surface area contributed by atoms with E-state index in [2.05, 4.69) is 123 Å². The Balaban J connectivity index is 4.43. The molecule has 0 aliphatic carbocycles. The first-order valence-corrected chi connectivity index (χ1v) is 21.9. The highest BCUT2D eigenvalue weighted by Crippen LogP contribution is 2.11. The summed E-state index contributed by atoms with van der Waals surface area (Å²) in [6.45, 7) is 4.38. The summed E-state index contributed by atoms with van der Waals surface area (Å²) >= 11 is 0. The van der Waals surface area contributed by atoms with Crippen molar-refractivity contribution in [2.24, 2.45) is 0 Å². The van der Waals surface area contributed by atoms with E-state index >= 15 is 0 Å². The van der Waals surface area contributed by atoms with Gasteiger partial charge in [-0.05, 0) is 89.9 Å². The summed E-state index contributed by atoms with van der Waals surface area (Å²) in [6.07, 6.45) is 54.4. The SMILES string of the molecule is CC/C=C/C/C=C/C/C=C/C/C=C/C/C=C/C/C=C/CCCCCCC(=O)OC(COCCC(C(=O)O)[N+](C)(C)C)COC(=O)CCC/C=C/C/C=C/C/C=C/CC. The van der Waals surface area contributed by atoms with Crippen molar-refractivity contribution in [2.45, 2.75) is 148 Å². The van der Waals surface area contributed by atoms with E-state index in [0.717, 1.165) is 96.3 Å². The number of esters is 2. The van der Waals surface area contributed by atoms with Crippen molar-refractivity contribution in [1.82, 2.24) is 0 Å². The first-order chi connectivity index (χ1) is 28.1. The second-order valence-electron chi connectivity index (χ2n) is 15.2. The average Bonchev–Trinajstić information content (AvgIpc) is 3.18. The quantitative estimate of drug-likeness (QED) is 0.0289. The molecule has 0 spiro atoms. The summed E-state index contributed by atoms with van der Waals surface area (Å²) in [6, 6.07) is -0.633. The fraction of sp³-hybridized carbons (Fsp3) is 0.580. The molecule has 2 unspecified atom stereocenters. The number of carboxylic acids is 1. The Morgan fingerprint density at radius 3 is 1.38 bits per heavy atom. The molecule has 0 radical (unpaired) electrons. The highest BCUT2D eigenvalue weighted by molar-refractivity contribution is 5.72. The fourth-order valence-corrected chi connectivity index (χ4v) is 5.59. The van der Waals surface area contributed by atoms with E-state index in [0.29, 0.717) is 12.8 Å². The van der Waals surface area contributed by atoms with Crippen LogP contribution in [-0.4, -0.2) is 80.6 Å². The monoisotopic (exact) mass is 807 g/mol. The van der Waals surface area contributed by atoms with Gasteiger partial charge in [-0.2, -0.15) is 0 Å². The highest BCUT2D eigenvalue weighted by atomic mass is 16.6. The number of aliphatic carboxylic acids is 1. The molecule has 0 aromatic heterocycles. The predicted octanol–water partition coefficient (Wildman–Crippen LogP) is 12.1. The third-order valence-corrected chi connectivity index (χ3v) is 8.92. The summed E-state index contributed by atoms with van der Waals surface area (Å²) in [5.74, 6) is -1.59. The van der Waals surface area contributed by atoms with Crippen LogP contribution in [0.15, 0.2) is 109 Å². The van der Waals surface area contributed by atoms with Crippen LogP contribution in [0, 0.1) is 0 Å². The van der Waals surface area contributed by atoms with Crippen LogP contribution in [0.5, 0.6) is 0 Å². The Bertz CT molecular complexity index is 1310. The zero-order valence-electron chi connectivity index (χ0n) is 36.9. The number of carbonyl (C=O) groups is 3. The van der Waals surface area contributed by atoms with Crippen LogP contribution in [0.3, 0.4) is 0 Å². The van der Waals surface area contributed by atoms with Gasteiger partial charge in [0.05, 0.1) is 34.4 Å². The predicted molar refractivity (Wildman–Crippen MR) is 242 cm³/mol. The molecule has 0 aromatic rings. The molecule has 0 aromatic carbocycles. The van der Waals surface area contributed by atoms with Gasteiger partial charge in [-0.25, -0.2) is 4.79 Å². The van der Waals surface area contributed by atoms with Crippen molar-refractivity contribution < 1.29 is 38.2 Å². The summed E-state index contributed by atoms with van der Waals surface area (Å²) in [7, 11) is 5.48. The number of ether oxygens (including phenoxy) is 3. The lowest BCUT2D eigenvalue weighted by Crippen LogP contribution is -2.50. The Kier molecular flexibility index (Phi) is 37.0. The molecule has 0 heterocycles. The number of unbranched alkanes of at least 4 members (excludes halogenated alkanes) is 5. The molecule has 0 amide bonds. The largest absolute Gasteiger partial charge is 0.477 e. The molecule has 58 heavy (non-hydrogen) atoms. The molecule has 0 rings (SSSR count). The first-order valence-electron chi connectivity index (χ1n) is 21.9. The van der Waals surface area contributed by atoms with Crippen LogP contribution in [0.25, 0.3) is 0 Å². The van der Waals surface area contributed by atoms with Gasteiger partial charge in [0.25, 0.3) is 0 Å². The van der Waals surface area contributed by atoms with Gasteiger partial charge in [-0.3, -0.25) is 9.59 Å². The minimum absolute atomic E-state index is 0.0267. The van der Waals surface area contributed by atoms with Gasteiger partial charge in [-0.15, -0.1) is 0 Å². The lowest BCUT2D eigenvalue weighted by Gasteiger charge is -2.31. The standard InChI is InChI=1S/C50H79NO7/c1-6-8-10-12-14-16-18-19-20-21-22-23-24-25-26-27-28-29-31-33-35-37-39-41-49(53)58-46(44-56-43-42-47(50(54)55)51(3,4)5)45-57-48(52)40-38-36-34-32-30-17-15-13-11-9-7-2/h8-11,14-17,19-20,22-23,25-26,28-29,32,34,46-47H,6-7,12-13,18,21,24,27,30-31,33,35-45H2,1-5H3/p+1/b10-8+,11-9+,16-14+,17-15+,20-19+,23-22+,26-25+,29-28+,34-32+. The Labute approximate surface area is 353 Å². The molecule has 0 saturated heterocycles. The van der Waals surface area contributed by atoms with Crippen molar-refractivity contribution in [3.63, 3.8) is 0 Å². The van der Waals surface area contributed by atoms with Crippen LogP contribution in [-0.2, 0) is 28.6 Å². The molecule has 0 aliphatic rings. The van der Waals surface area contributed by atoms with E-state index in [1.54, 1.807) is 0 Å². The number of likely N-dealkylation sites (N-methyl/N-ethyl adjacent to an activating group) is 1. The number of rotatable bonds is 37. The lowest BCUT2D eigenvalue weighted by atomic mass is 10.1. The number of carbonyl (C=O) groups excluding carboxylic acids is 2. The third-order valence-electron chi connectivity index (χ3n) is 8.92. The number of nitrogens with zero attached hydrogens (tertiary/aromatic N) is 1. The zero-order valence-corrected chi connectivity index (χ0v) is 36.9. The number of hydrogen-bond donors (Lipinski definition) is 1. The maximum Gasteiger partial charge on any atom is 0.362 e. The van der Waals surface area contributed by atoms with E-state index in [-0.39, 0.29) is 49.1 Å². The minimum atomic E-state index is -0.892. The van der Waals surface area contributed by atoms with Crippen molar-refractivity contribution in [3.8, 4) is 0 Å². The van der Waals surface area contributed by atoms with Crippen LogP contribution in [0.4, 0.5) is 0 Å². The van der Waals surface area contributed by atoms with Gasteiger partial charge in [-0.1, -0.05) is 136 Å². The van der Waals surface area contributed by atoms with Crippen LogP contribution in [0.2, 0.25) is 0 Å². The van der Waals surface area contributed by atoms with E-state index in [1.165, 1.54) is 0 Å². The first kappa shape index (κ1) is 54.0. The van der Waals surface area contributed by atoms with Gasteiger partial charge >= 0.3 is 17.9 Å². The molecule has 0 fully saturated rings. The second-order valence-corrected chi connectivity index (χ2v) is 15.2. The van der Waals surface area contributed by atoms with Crippen molar-refractivity contribution in [3.05, 3.63) is 109 Å². The summed E-state index contributed by atoms with van der Waals surface area (Å²) in [5.41, 5.74) is 0. The molecule has 8 heteroatoms. The number of hydrogen-bond acceptors (Lipinski definition) is 6. The summed E-state index contributed by atoms with van der Waals surface area (Å²) in [5, 5.41) is 9.61. The number of carboxylic acid groups (broad SMARTS) is 1.